The average molecular weight is 765 g/mol. The zero-order chi connectivity index (χ0) is 38.2. The smallest absolute Gasteiger partial charge is 0.392 e. The summed E-state index contributed by atoms with van der Waals surface area (Å²) in [5.41, 5.74) is -5.29. The molecule has 2 heterocycles. The highest BCUT2D eigenvalue weighted by Gasteiger charge is 2.60. The lowest BCUT2D eigenvalue weighted by atomic mass is 8.76. The molecule has 4 amide bonds. The molecule has 0 saturated heterocycles. The second-order valence-corrected chi connectivity index (χ2v) is 12.5. The Morgan fingerprint density at radius 1 is 0.824 bits per heavy atom. The van der Waals surface area contributed by atoms with Crippen LogP contribution in [0, 0.1) is 35.5 Å². The van der Waals surface area contributed by atoms with Gasteiger partial charge in [0.25, 0.3) is 0 Å². The Morgan fingerprint density at radius 2 is 1.24 bits per heavy atom. The number of carbonyl (C=O) groups excluding carboxylic acids is 2. The summed E-state index contributed by atoms with van der Waals surface area (Å²) in [6.07, 6.45) is -10.5. The molecule has 2 aromatic rings. The number of anilines is 2. The molecule has 2 aliphatic rings. The lowest BCUT2D eigenvalue weighted by molar-refractivity contribution is -0.179. The molecule has 0 fully saturated rings. The van der Waals surface area contributed by atoms with Crippen LogP contribution < -0.4 is 21.3 Å². The van der Waals surface area contributed by atoms with Crippen molar-refractivity contribution in [1.82, 2.24) is 10.6 Å². The van der Waals surface area contributed by atoms with Crippen molar-refractivity contribution in [2.24, 2.45) is 11.8 Å². The van der Waals surface area contributed by atoms with Crippen molar-refractivity contribution in [3.63, 3.8) is 0 Å². The lowest BCUT2D eigenvalue weighted by Gasteiger charge is -2.37. The Balaban J connectivity index is 0.000000424. The molecule has 0 bridgehead atoms. The monoisotopic (exact) mass is 765 g/mol. The van der Waals surface area contributed by atoms with E-state index in [1.54, 1.807) is 27.7 Å². The van der Waals surface area contributed by atoms with Crippen LogP contribution in [0.3, 0.4) is 0 Å². The van der Waals surface area contributed by atoms with Gasteiger partial charge in [-0.05, 0) is 23.8 Å². The van der Waals surface area contributed by atoms with Crippen LogP contribution in [0.5, 0.6) is 0 Å². The number of amides is 4. The van der Waals surface area contributed by atoms with E-state index in [1.807, 2.05) is 10.6 Å². The third kappa shape index (κ3) is 11.3. The molecule has 5 N–H and O–H groups in total. The van der Waals surface area contributed by atoms with E-state index in [-0.39, 0.29) is 54.8 Å². The maximum Gasteiger partial charge on any atom is 0.427 e. The third-order valence-corrected chi connectivity index (χ3v) is 7.26. The molecule has 259 valence electrons. The lowest BCUT2D eigenvalue weighted by Crippen LogP contribution is -2.59. The SMILES string of the molecule is C.CC(C)C#CC1(C(F)(F)F)NC(=O)Nc2cc(Br)ccc21.CC(C)C#CC1(C(F)(F)F)NC(=O)Nc2cc(CO)ccc21.[B][B]B([B])B([B])[B]. The molecular weight excluding hydrogens is 734 g/mol. The highest BCUT2D eigenvalue weighted by molar-refractivity contribution is 9.10. The molecule has 2 unspecified atom stereocenters. The molecule has 0 saturated carbocycles. The van der Waals surface area contributed by atoms with Crippen molar-refractivity contribution >= 4 is 90.1 Å². The van der Waals surface area contributed by atoms with Crippen LogP contribution in [0.2, 0.25) is 0 Å². The molecule has 21 heteroatoms. The number of benzene rings is 2. The molecule has 2 aliphatic heterocycles. The Morgan fingerprint density at radius 3 is 1.57 bits per heavy atom. The van der Waals surface area contributed by atoms with E-state index in [0.717, 1.165) is 0 Å². The van der Waals surface area contributed by atoms with Crippen molar-refractivity contribution in [3.05, 3.63) is 57.6 Å². The first-order chi connectivity index (χ1) is 23.0. The van der Waals surface area contributed by atoms with Crippen LogP contribution in [0.15, 0.2) is 40.9 Å². The number of hydrogen-bond acceptors (Lipinski definition) is 3. The number of halogens is 7. The van der Waals surface area contributed by atoms with E-state index in [1.165, 1.54) is 43.5 Å². The van der Waals surface area contributed by atoms with Crippen molar-refractivity contribution in [2.45, 2.75) is 65.2 Å². The predicted molar refractivity (Wildman–Crippen MR) is 199 cm³/mol. The highest BCUT2D eigenvalue weighted by Crippen LogP contribution is 2.45. The second-order valence-electron chi connectivity index (χ2n) is 11.6. The normalized spacial score (nSPS) is 18.5. The van der Waals surface area contributed by atoms with Gasteiger partial charge in [-0.25, -0.2) is 9.59 Å². The third-order valence-electron chi connectivity index (χ3n) is 6.77. The first-order valence-electron chi connectivity index (χ1n) is 14.8. The number of hydrogen-bond donors (Lipinski definition) is 5. The fourth-order valence-electron chi connectivity index (χ4n) is 4.27. The van der Waals surface area contributed by atoms with Crippen LogP contribution in [0.4, 0.5) is 47.3 Å². The maximum atomic E-state index is 13.7. The topological polar surface area (TPSA) is 102 Å². The van der Waals surface area contributed by atoms with Crippen molar-refractivity contribution < 1.29 is 41.0 Å². The molecule has 51 heavy (non-hydrogen) atoms. The fourth-order valence-corrected chi connectivity index (χ4v) is 4.63. The molecule has 7 nitrogen and oxygen atoms in total. The number of urea groups is 2. The maximum absolute atomic E-state index is 13.7. The minimum atomic E-state index is -4.79. The number of fused-ring (bicyclic) bond motifs is 2. The van der Waals surface area contributed by atoms with Gasteiger partial charge in [0.15, 0.2) is 0 Å². The van der Waals surface area contributed by atoms with E-state index in [0.29, 0.717) is 10.0 Å². The van der Waals surface area contributed by atoms with Crippen LogP contribution in [0.25, 0.3) is 0 Å². The van der Waals surface area contributed by atoms with E-state index in [4.69, 9.17) is 36.1 Å². The van der Waals surface area contributed by atoms with Crippen LogP contribution in [0.1, 0.15) is 51.8 Å². The van der Waals surface area contributed by atoms with Gasteiger partial charge >= 0.3 is 24.4 Å². The minimum absolute atomic E-state index is 0. The Kier molecular flexibility index (Phi) is 16.4. The Labute approximate surface area is 309 Å². The summed E-state index contributed by atoms with van der Waals surface area (Å²) in [6, 6.07) is 6.18. The minimum Gasteiger partial charge on any atom is -0.392 e. The fraction of sp³-hybridized carbons (Fsp3) is 0.400. The van der Waals surface area contributed by atoms with Gasteiger partial charge in [-0.1, -0.05) is 92.9 Å². The summed E-state index contributed by atoms with van der Waals surface area (Å²) in [7, 11) is 21.6. The van der Waals surface area contributed by atoms with Crippen LogP contribution in [-0.4, -0.2) is 80.3 Å². The van der Waals surface area contributed by atoms with E-state index < -0.39 is 41.9 Å². The summed E-state index contributed by atoms with van der Waals surface area (Å²) < 4.78 is 82.6. The van der Waals surface area contributed by atoms with Gasteiger partial charge in [0.2, 0.25) is 11.1 Å². The van der Waals surface area contributed by atoms with Crippen molar-refractivity contribution in [3.8, 4) is 23.7 Å². The van der Waals surface area contributed by atoms with Crippen molar-refractivity contribution in [1.29, 1.82) is 0 Å². The van der Waals surface area contributed by atoms with Crippen LogP contribution >= 0.6 is 15.9 Å². The predicted octanol–water partition coefficient (Wildman–Crippen LogP) is 4.70. The zero-order valence-corrected chi connectivity index (χ0v) is 28.9. The van der Waals surface area contributed by atoms with Gasteiger partial charge in [-0.3, -0.25) is 0 Å². The van der Waals surface area contributed by atoms with E-state index >= 15 is 0 Å². The standard InChI is InChI=1S/C15H15F3N2O2.C14H12BrF3N2O.CH4.B7/c1-9(2)5-6-14(15(16,17)18)11-4-3-10(8-21)7-12(11)19-13(22)20-14;1-8(2)5-6-13(14(16,17)18)10-4-3-9(15)7-11(10)19-12(21)20-13;;1-5-7(4)6(2)3/h3-4,7,9,21H,8H2,1-2H3,(H2,19,20,22);3-4,7-8H,1-2H3,(H2,19,20,21);1H4;. The summed E-state index contributed by atoms with van der Waals surface area (Å²) in [4.78, 5) is 23.3. The number of alkyl halides is 6. The molecule has 4 rings (SSSR count). The summed E-state index contributed by atoms with van der Waals surface area (Å²) in [6.45, 7) is 6.35. The van der Waals surface area contributed by atoms with Crippen LogP contribution in [-0.2, 0) is 17.7 Å². The second kappa shape index (κ2) is 18.4. The molecule has 0 aromatic heterocycles. The summed E-state index contributed by atoms with van der Waals surface area (Å²) >= 11 is 3.17. The Bertz CT molecular complexity index is 1680. The summed E-state index contributed by atoms with van der Waals surface area (Å²) in [5, 5.41) is 17.6. The number of rotatable bonds is 3. The molecule has 9 radical (unpaired) electrons. The number of nitrogens with one attached hydrogen (secondary N) is 4. The van der Waals surface area contributed by atoms with Gasteiger partial charge in [-0.15, -0.1) is 0 Å². The quantitative estimate of drug-likeness (QED) is 0.178. The number of carbonyl (C=O) groups is 2. The van der Waals surface area contributed by atoms with E-state index in [2.05, 4.69) is 50.2 Å². The molecular formula is C30H31B7BrF6N4O3. The van der Waals surface area contributed by atoms with Gasteiger partial charge in [0.05, 0.1) is 12.3 Å². The average Bonchev–Trinajstić information content (AvgIpc) is 3.00. The van der Waals surface area contributed by atoms with Gasteiger partial charge in [0.1, 0.15) is 0 Å². The Hall–Kier alpha value is -3.43. The van der Waals surface area contributed by atoms with Gasteiger partial charge in [-0.2, -0.15) is 26.3 Å². The molecule has 2 atom stereocenters. The largest absolute Gasteiger partial charge is 0.427 e. The van der Waals surface area contributed by atoms with Gasteiger partial charge in [0, 0.05) is 83.9 Å². The van der Waals surface area contributed by atoms with Crippen molar-refractivity contribution in [2.75, 3.05) is 10.6 Å². The van der Waals surface area contributed by atoms with E-state index in [9.17, 15) is 35.9 Å². The number of aliphatic hydroxyl groups is 1. The first-order valence-corrected chi connectivity index (χ1v) is 15.6. The number of aliphatic hydroxyl groups excluding tert-OH is 1. The highest BCUT2D eigenvalue weighted by atomic mass is 79.9. The molecule has 0 aliphatic carbocycles. The zero-order valence-electron chi connectivity index (χ0n) is 27.3. The van der Waals surface area contributed by atoms with Gasteiger partial charge < -0.3 is 26.4 Å². The molecule has 2 aromatic carbocycles. The first kappa shape index (κ1) is 45.6. The summed E-state index contributed by atoms with van der Waals surface area (Å²) in [5.74, 6) is 8.87. The molecule has 0 spiro atoms.